The van der Waals surface area contributed by atoms with E-state index >= 15 is 0 Å². The monoisotopic (exact) mass is 168 g/mol. The van der Waals surface area contributed by atoms with Crippen LogP contribution in [0.4, 0.5) is 0 Å². The van der Waals surface area contributed by atoms with Gasteiger partial charge in [0, 0.05) is 11.8 Å². The lowest BCUT2D eigenvalue weighted by molar-refractivity contribution is -0.151. The third kappa shape index (κ3) is 0.559. The van der Waals surface area contributed by atoms with Crippen LogP contribution < -0.4 is 0 Å². The second kappa shape index (κ2) is 1.91. The maximum absolute atomic E-state index is 11.5. The molecule has 4 aliphatic rings. The maximum atomic E-state index is 11.5. The molecule has 0 aromatic heterocycles. The first kappa shape index (κ1) is 7.04. The van der Waals surface area contributed by atoms with Crippen molar-refractivity contribution in [1.82, 2.24) is 0 Å². The zero-order valence-corrected chi connectivity index (χ0v) is 7.19. The van der Waals surface area contributed by atoms with Crippen LogP contribution in [0.15, 0.2) is 0 Å². The Balaban J connectivity index is 2.06. The van der Waals surface area contributed by atoms with Crippen molar-refractivity contribution in [3.05, 3.63) is 0 Å². The fourth-order valence-electron chi connectivity index (χ4n) is 2.81. The van der Waals surface area contributed by atoms with Crippen LogP contribution in [0.2, 0.25) is 0 Å². The van der Waals surface area contributed by atoms with Crippen molar-refractivity contribution < 1.29 is 14.3 Å². The molecule has 4 saturated heterocycles. The van der Waals surface area contributed by atoms with Gasteiger partial charge in [0.1, 0.15) is 12.2 Å². The third-order valence-electron chi connectivity index (χ3n) is 3.50. The molecule has 0 spiro atoms. The highest BCUT2D eigenvalue weighted by atomic mass is 16.6. The van der Waals surface area contributed by atoms with Crippen LogP contribution in [-0.4, -0.2) is 30.2 Å². The first-order valence-corrected chi connectivity index (χ1v) is 4.55. The fraction of sp³-hybridized carbons (Fsp3) is 0.889. The number of hydrogen-bond donors (Lipinski definition) is 0. The highest BCUT2D eigenvalue weighted by molar-refractivity contribution is 5.91. The SMILES string of the molecule is CC1[C@H]2OC3C(=O)[C@@H](O[C@@H]31)C2C. The van der Waals surface area contributed by atoms with Crippen LogP contribution in [0.1, 0.15) is 13.8 Å². The summed E-state index contributed by atoms with van der Waals surface area (Å²) in [4.78, 5) is 11.5. The molecule has 4 aliphatic heterocycles. The van der Waals surface area contributed by atoms with E-state index in [1.165, 1.54) is 0 Å². The van der Waals surface area contributed by atoms with Gasteiger partial charge in [-0.25, -0.2) is 0 Å². The summed E-state index contributed by atoms with van der Waals surface area (Å²) in [6, 6.07) is 0. The quantitative estimate of drug-likeness (QED) is 0.524. The van der Waals surface area contributed by atoms with Gasteiger partial charge in [0.15, 0.2) is 5.78 Å². The zero-order valence-electron chi connectivity index (χ0n) is 7.19. The summed E-state index contributed by atoms with van der Waals surface area (Å²) in [6.07, 6.45) is -0.0682. The number of ketones is 1. The van der Waals surface area contributed by atoms with Gasteiger partial charge in [-0.3, -0.25) is 4.79 Å². The van der Waals surface area contributed by atoms with Gasteiger partial charge >= 0.3 is 0 Å². The molecule has 3 heteroatoms. The molecule has 0 saturated carbocycles. The summed E-state index contributed by atoms with van der Waals surface area (Å²) in [5.74, 6) is 0.822. The van der Waals surface area contributed by atoms with E-state index in [0.717, 1.165) is 0 Å². The molecular weight excluding hydrogens is 156 g/mol. The van der Waals surface area contributed by atoms with E-state index in [-0.39, 0.29) is 36.1 Å². The first-order chi connectivity index (χ1) is 5.70. The van der Waals surface area contributed by atoms with Crippen molar-refractivity contribution in [2.45, 2.75) is 38.3 Å². The Morgan fingerprint density at radius 1 is 1.00 bits per heavy atom. The molecule has 0 aliphatic carbocycles. The molecule has 3 nitrogen and oxygen atoms in total. The summed E-state index contributed by atoms with van der Waals surface area (Å²) in [6.45, 7) is 4.15. The Morgan fingerprint density at radius 3 is 2.33 bits per heavy atom. The highest BCUT2D eigenvalue weighted by Crippen LogP contribution is 2.47. The van der Waals surface area contributed by atoms with Crippen molar-refractivity contribution >= 4 is 5.78 Å². The van der Waals surface area contributed by atoms with E-state index in [1.54, 1.807) is 0 Å². The average Bonchev–Trinajstić information content (AvgIpc) is 2.43. The molecule has 0 radical (unpaired) electrons. The highest BCUT2D eigenvalue weighted by Gasteiger charge is 2.63. The van der Waals surface area contributed by atoms with Gasteiger partial charge < -0.3 is 9.47 Å². The van der Waals surface area contributed by atoms with Crippen molar-refractivity contribution in [3.8, 4) is 0 Å². The molecule has 4 heterocycles. The first-order valence-electron chi connectivity index (χ1n) is 4.55. The molecule has 0 aromatic rings. The fourth-order valence-corrected chi connectivity index (χ4v) is 2.81. The molecule has 0 aromatic carbocycles. The third-order valence-corrected chi connectivity index (χ3v) is 3.50. The van der Waals surface area contributed by atoms with Crippen LogP contribution in [0.5, 0.6) is 0 Å². The number of ether oxygens (including phenoxy) is 2. The minimum atomic E-state index is -0.230. The second-order valence-electron chi connectivity index (χ2n) is 4.16. The van der Waals surface area contributed by atoms with Crippen LogP contribution in [0.3, 0.4) is 0 Å². The van der Waals surface area contributed by atoms with Gasteiger partial charge in [0.05, 0.1) is 12.2 Å². The van der Waals surface area contributed by atoms with Crippen LogP contribution in [0, 0.1) is 11.8 Å². The summed E-state index contributed by atoms with van der Waals surface area (Å²) in [5, 5.41) is 0. The Kier molecular flexibility index (Phi) is 1.12. The molecular formula is C9H12O3. The topological polar surface area (TPSA) is 35.5 Å². The van der Waals surface area contributed by atoms with Crippen molar-refractivity contribution in [2.24, 2.45) is 11.8 Å². The van der Waals surface area contributed by atoms with Crippen LogP contribution in [0.25, 0.3) is 0 Å². The number of rotatable bonds is 0. The number of carbonyl (C=O) groups excluding carboxylic acids is 1. The molecule has 0 amide bonds. The van der Waals surface area contributed by atoms with Gasteiger partial charge in [0.2, 0.25) is 0 Å². The molecule has 12 heavy (non-hydrogen) atoms. The maximum Gasteiger partial charge on any atom is 0.193 e. The average molecular weight is 168 g/mol. The van der Waals surface area contributed by atoms with Crippen LogP contribution >= 0.6 is 0 Å². The minimum Gasteiger partial charge on any atom is -0.364 e. The van der Waals surface area contributed by atoms with E-state index in [2.05, 4.69) is 6.92 Å². The Labute approximate surface area is 71.0 Å². The van der Waals surface area contributed by atoms with Crippen LogP contribution in [-0.2, 0) is 14.3 Å². The van der Waals surface area contributed by atoms with Crippen molar-refractivity contribution in [3.63, 3.8) is 0 Å². The number of carbonyl (C=O) groups is 1. The van der Waals surface area contributed by atoms with Gasteiger partial charge in [-0.05, 0) is 0 Å². The molecule has 4 fully saturated rings. The standard InChI is InChI=1S/C9H12O3/c1-3-6-4(2)8-9(11-6)5(10)7(3)12-8/h3-4,6-9H,1-2H3/t3?,4?,6-,7-,8+,9?/m0/s1. The van der Waals surface area contributed by atoms with E-state index < -0.39 is 0 Å². The molecule has 4 bridgehead atoms. The van der Waals surface area contributed by atoms with Gasteiger partial charge in [-0.2, -0.15) is 0 Å². The molecule has 4 rings (SSSR count). The summed E-state index contributed by atoms with van der Waals surface area (Å²) in [7, 11) is 0. The molecule has 0 N–H and O–H groups in total. The normalized spacial score (nSPS) is 61.7. The van der Waals surface area contributed by atoms with Gasteiger partial charge in [-0.15, -0.1) is 0 Å². The van der Waals surface area contributed by atoms with E-state index in [1.807, 2.05) is 6.92 Å². The van der Waals surface area contributed by atoms with Gasteiger partial charge in [0.25, 0.3) is 0 Å². The lowest BCUT2D eigenvalue weighted by atomic mass is 9.87. The largest absolute Gasteiger partial charge is 0.364 e. The van der Waals surface area contributed by atoms with Crippen molar-refractivity contribution in [2.75, 3.05) is 0 Å². The zero-order chi connectivity index (χ0) is 8.46. The van der Waals surface area contributed by atoms with E-state index in [4.69, 9.17) is 9.47 Å². The predicted molar refractivity (Wildman–Crippen MR) is 40.7 cm³/mol. The lowest BCUT2D eigenvalue weighted by Crippen LogP contribution is -2.45. The second-order valence-corrected chi connectivity index (χ2v) is 4.16. The van der Waals surface area contributed by atoms with E-state index in [0.29, 0.717) is 5.92 Å². The minimum absolute atomic E-state index is 0.0590. The Morgan fingerprint density at radius 2 is 1.67 bits per heavy atom. The number of Topliss-reactive ketones (excluding diaryl/α,β-unsaturated/α-hetero) is 1. The van der Waals surface area contributed by atoms with Crippen molar-refractivity contribution in [1.29, 1.82) is 0 Å². The van der Waals surface area contributed by atoms with Gasteiger partial charge in [-0.1, -0.05) is 13.8 Å². The smallest absolute Gasteiger partial charge is 0.193 e. The Hall–Kier alpha value is -0.410. The Bertz CT molecular complexity index is 244. The summed E-state index contributed by atoms with van der Waals surface area (Å²) >= 11 is 0. The number of hydrogen-bond acceptors (Lipinski definition) is 3. The lowest BCUT2D eigenvalue weighted by Gasteiger charge is -2.34. The summed E-state index contributed by atoms with van der Waals surface area (Å²) in [5.41, 5.74) is 0. The summed E-state index contributed by atoms with van der Waals surface area (Å²) < 4.78 is 11.2. The predicted octanol–water partition coefficient (Wildman–Crippen LogP) is 0.376. The molecule has 6 atom stereocenters. The molecule has 66 valence electrons. The van der Waals surface area contributed by atoms with E-state index in [9.17, 15) is 4.79 Å². The molecule has 3 unspecified atom stereocenters.